The molecule has 2 rings (SSSR count). The number of hydrogen-bond acceptors (Lipinski definition) is 4. The van der Waals surface area contributed by atoms with E-state index in [4.69, 9.17) is 0 Å². The van der Waals surface area contributed by atoms with Crippen LogP contribution >= 0.6 is 11.3 Å². The standard InChI is InChI=1S/C7H8N4S/c1-5-8-3-6(12-5)7-9-4-11(2)10-7/h3-4H,1-2H3. The molecule has 2 aromatic rings. The maximum atomic E-state index is 4.17. The predicted octanol–water partition coefficient (Wildman–Crippen LogP) is 1.25. The van der Waals surface area contributed by atoms with Gasteiger partial charge in [-0.25, -0.2) is 9.97 Å². The number of hydrogen-bond donors (Lipinski definition) is 0. The van der Waals surface area contributed by atoms with Crippen molar-refractivity contribution >= 4 is 11.3 Å². The number of nitrogens with zero attached hydrogens (tertiary/aromatic N) is 4. The van der Waals surface area contributed by atoms with Crippen molar-refractivity contribution in [2.24, 2.45) is 7.05 Å². The third-order valence-electron chi connectivity index (χ3n) is 1.44. The van der Waals surface area contributed by atoms with Gasteiger partial charge in [0.1, 0.15) is 6.33 Å². The molecule has 0 radical (unpaired) electrons. The van der Waals surface area contributed by atoms with Crippen LogP contribution in [-0.4, -0.2) is 19.7 Å². The lowest BCUT2D eigenvalue weighted by atomic mass is 10.5. The molecule has 0 unspecified atom stereocenters. The summed E-state index contributed by atoms with van der Waals surface area (Å²) in [5.74, 6) is 0.753. The molecule has 62 valence electrons. The molecule has 12 heavy (non-hydrogen) atoms. The fourth-order valence-electron chi connectivity index (χ4n) is 0.917. The van der Waals surface area contributed by atoms with E-state index in [0.29, 0.717) is 0 Å². The highest BCUT2D eigenvalue weighted by molar-refractivity contribution is 7.14. The third-order valence-corrected chi connectivity index (χ3v) is 2.35. The Morgan fingerprint density at radius 1 is 1.42 bits per heavy atom. The lowest BCUT2D eigenvalue weighted by molar-refractivity contribution is 0.768. The Morgan fingerprint density at radius 2 is 2.25 bits per heavy atom. The molecule has 0 spiro atoms. The Morgan fingerprint density at radius 3 is 2.75 bits per heavy atom. The van der Waals surface area contributed by atoms with Crippen LogP contribution in [0.15, 0.2) is 12.5 Å². The van der Waals surface area contributed by atoms with E-state index in [1.807, 2.05) is 14.0 Å². The van der Waals surface area contributed by atoms with Crippen molar-refractivity contribution in [3.63, 3.8) is 0 Å². The first-order chi connectivity index (χ1) is 5.75. The third kappa shape index (κ3) is 1.23. The topological polar surface area (TPSA) is 43.6 Å². The van der Waals surface area contributed by atoms with Gasteiger partial charge in [-0.05, 0) is 6.92 Å². The van der Waals surface area contributed by atoms with Gasteiger partial charge in [-0.3, -0.25) is 4.68 Å². The Hall–Kier alpha value is -1.23. The second-order valence-corrected chi connectivity index (χ2v) is 3.72. The van der Waals surface area contributed by atoms with E-state index in [2.05, 4.69) is 15.1 Å². The first kappa shape index (κ1) is 7.42. The molecule has 0 atom stereocenters. The molecule has 2 heterocycles. The quantitative estimate of drug-likeness (QED) is 0.663. The van der Waals surface area contributed by atoms with Crippen LogP contribution in [-0.2, 0) is 7.05 Å². The van der Waals surface area contributed by atoms with Gasteiger partial charge in [0, 0.05) is 13.2 Å². The SMILES string of the molecule is Cc1ncc(-c2ncn(C)n2)s1. The summed E-state index contributed by atoms with van der Waals surface area (Å²) in [5.41, 5.74) is 0. The van der Waals surface area contributed by atoms with Gasteiger partial charge in [0.15, 0.2) is 5.82 Å². The fourth-order valence-corrected chi connectivity index (χ4v) is 1.63. The van der Waals surface area contributed by atoms with Crippen LogP contribution in [0, 0.1) is 6.92 Å². The number of thiazole rings is 1. The van der Waals surface area contributed by atoms with Crippen LogP contribution in [0.2, 0.25) is 0 Å². The van der Waals surface area contributed by atoms with E-state index >= 15 is 0 Å². The van der Waals surface area contributed by atoms with E-state index < -0.39 is 0 Å². The minimum atomic E-state index is 0.753. The maximum absolute atomic E-state index is 4.17. The summed E-state index contributed by atoms with van der Waals surface area (Å²) in [4.78, 5) is 9.27. The normalized spacial score (nSPS) is 10.5. The van der Waals surface area contributed by atoms with Crippen molar-refractivity contribution in [1.82, 2.24) is 19.7 Å². The summed E-state index contributed by atoms with van der Waals surface area (Å²) in [6.07, 6.45) is 3.49. The van der Waals surface area contributed by atoms with Gasteiger partial charge in [-0.15, -0.1) is 11.3 Å². The molecule has 4 nitrogen and oxygen atoms in total. The second-order valence-electron chi connectivity index (χ2n) is 2.49. The second kappa shape index (κ2) is 2.67. The van der Waals surface area contributed by atoms with Crippen LogP contribution in [0.5, 0.6) is 0 Å². The highest BCUT2D eigenvalue weighted by Crippen LogP contribution is 2.21. The van der Waals surface area contributed by atoms with Crippen molar-refractivity contribution in [2.75, 3.05) is 0 Å². The van der Waals surface area contributed by atoms with Gasteiger partial charge in [0.25, 0.3) is 0 Å². The summed E-state index contributed by atoms with van der Waals surface area (Å²) in [7, 11) is 1.85. The Balaban J connectivity index is 2.43. The zero-order chi connectivity index (χ0) is 8.55. The van der Waals surface area contributed by atoms with Crippen molar-refractivity contribution in [1.29, 1.82) is 0 Å². The number of rotatable bonds is 1. The molecule has 0 fully saturated rings. The largest absolute Gasteiger partial charge is 0.255 e. The van der Waals surface area contributed by atoms with Crippen LogP contribution in [0.4, 0.5) is 0 Å². The van der Waals surface area contributed by atoms with E-state index in [9.17, 15) is 0 Å². The van der Waals surface area contributed by atoms with Crippen molar-refractivity contribution in [3.05, 3.63) is 17.5 Å². The van der Waals surface area contributed by atoms with Gasteiger partial charge < -0.3 is 0 Å². The van der Waals surface area contributed by atoms with E-state index in [1.165, 1.54) is 0 Å². The average Bonchev–Trinajstić information content (AvgIpc) is 2.58. The molecular formula is C7H8N4S. The minimum absolute atomic E-state index is 0.753. The highest BCUT2D eigenvalue weighted by Gasteiger charge is 2.05. The Bertz CT molecular complexity index is 351. The van der Waals surface area contributed by atoms with Gasteiger partial charge >= 0.3 is 0 Å². The molecule has 0 aliphatic carbocycles. The molecule has 0 aromatic carbocycles. The van der Waals surface area contributed by atoms with Crippen LogP contribution < -0.4 is 0 Å². The molecule has 0 saturated heterocycles. The molecule has 0 saturated carbocycles. The molecule has 0 amide bonds. The van der Waals surface area contributed by atoms with E-state index in [-0.39, 0.29) is 0 Å². The average molecular weight is 180 g/mol. The van der Waals surface area contributed by atoms with Gasteiger partial charge in [0.2, 0.25) is 0 Å². The maximum Gasteiger partial charge on any atom is 0.192 e. The zero-order valence-corrected chi connectivity index (χ0v) is 7.67. The zero-order valence-electron chi connectivity index (χ0n) is 6.85. The molecule has 2 aromatic heterocycles. The first-order valence-corrected chi connectivity index (χ1v) is 4.36. The van der Waals surface area contributed by atoms with Gasteiger partial charge in [0.05, 0.1) is 9.88 Å². The summed E-state index contributed by atoms with van der Waals surface area (Å²) < 4.78 is 1.68. The molecule has 0 N–H and O–H groups in total. The molecule has 0 aliphatic rings. The Labute approximate surface area is 73.9 Å². The predicted molar refractivity (Wildman–Crippen MR) is 46.8 cm³/mol. The summed E-state index contributed by atoms with van der Waals surface area (Å²) >= 11 is 1.60. The van der Waals surface area contributed by atoms with Crippen LogP contribution in [0.1, 0.15) is 5.01 Å². The monoisotopic (exact) mass is 180 g/mol. The van der Waals surface area contributed by atoms with Crippen molar-refractivity contribution in [2.45, 2.75) is 6.92 Å². The molecule has 0 bridgehead atoms. The summed E-state index contributed by atoms with van der Waals surface area (Å²) in [5, 5.41) is 5.21. The van der Waals surface area contributed by atoms with Crippen molar-refractivity contribution in [3.8, 4) is 10.7 Å². The Kier molecular flexibility index (Phi) is 1.65. The highest BCUT2D eigenvalue weighted by atomic mass is 32.1. The van der Waals surface area contributed by atoms with Crippen LogP contribution in [0.3, 0.4) is 0 Å². The van der Waals surface area contributed by atoms with E-state index in [0.717, 1.165) is 15.7 Å². The van der Waals surface area contributed by atoms with Gasteiger partial charge in [-0.2, -0.15) is 5.10 Å². The lowest BCUT2D eigenvalue weighted by Gasteiger charge is -1.83. The number of aromatic nitrogens is 4. The minimum Gasteiger partial charge on any atom is -0.255 e. The molecular weight excluding hydrogens is 172 g/mol. The molecule has 5 heteroatoms. The molecule has 0 aliphatic heterocycles. The first-order valence-electron chi connectivity index (χ1n) is 3.54. The fraction of sp³-hybridized carbons (Fsp3) is 0.286. The summed E-state index contributed by atoms with van der Waals surface area (Å²) in [6.45, 7) is 1.97. The number of aryl methyl sites for hydroxylation is 2. The smallest absolute Gasteiger partial charge is 0.192 e. The lowest BCUT2D eigenvalue weighted by Crippen LogP contribution is -1.86. The summed E-state index contributed by atoms with van der Waals surface area (Å²) in [6, 6.07) is 0. The van der Waals surface area contributed by atoms with Crippen molar-refractivity contribution < 1.29 is 0 Å². The van der Waals surface area contributed by atoms with Crippen LogP contribution in [0.25, 0.3) is 10.7 Å². The van der Waals surface area contributed by atoms with E-state index in [1.54, 1.807) is 28.5 Å². The van der Waals surface area contributed by atoms with Gasteiger partial charge in [-0.1, -0.05) is 0 Å².